The summed E-state index contributed by atoms with van der Waals surface area (Å²) in [5.41, 5.74) is 1.87. The van der Waals surface area contributed by atoms with Crippen molar-refractivity contribution in [2.24, 2.45) is 0 Å². The number of nitrogens with zero attached hydrogens (tertiary/aromatic N) is 2. The van der Waals surface area contributed by atoms with Crippen molar-refractivity contribution in [3.63, 3.8) is 0 Å². The highest BCUT2D eigenvalue weighted by atomic mass is 35.5. The first kappa shape index (κ1) is 19.8. The SMILES string of the molecule is C=CC(=O)N1CCN(C)/C(=C(\C=C\CC)C(=O)Nc2ccccc2Cl)C1. The quantitative estimate of drug-likeness (QED) is 0.804. The molecule has 1 aliphatic heterocycles. The zero-order valence-electron chi connectivity index (χ0n) is 15.2. The van der Waals surface area contributed by atoms with Crippen molar-refractivity contribution < 1.29 is 9.59 Å². The van der Waals surface area contributed by atoms with Gasteiger partial charge in [-0.3, -0.25) is 9.59 Å². The molecule has 1 aliphatic rings. The van der Waals surface area contributed by atoms with Crippen molar-refractivity contribution in [2.45, 2.75) is 13.3 Å². The number of carbonyl (C=O) groups is 2. The molecule has 0 aromatic heterocycles. The summed E-state index contributed by atoms with van der Waals surface area (Å²) in [6, 6.07) is 7.10. The molecule has 138 valence electrons. The molecule has 1 saturated heterocycles. The summed E-state index contributed by atoms with van der Waals surface area (Å²) in [5, 5.41) is 3.34. The van der Waals surface area contributed by atoms with E-state index < -0.39 is 0 Å². The third-order valence-electron chi connectivity index (χ3n) is 4.19. The van der Waals surface area contributed by atoms with Crippen LogP contribution in [0.15, 0.2) is 60.3 Å². The average Bonchev–Trinajstić information content (AvgIpc) is 2.64. The lowest BCUT2D eigenvalue weighted by Crippen LogP contribution is -2.46. The third-order valence-corrected chi connectivity index (χ3v) is 4.52. The molecule has 0 bridgehead atoms. The molecule has 5 nitrogen and oxygen atoms in total. The molecule has 0 unspecified atom stereocenters. The number of hydrogen-bond acceptors (Lipinski definition) is 3. The summed E-state index contributed by atoms with van der Waals surface area (Å²) in [6.07, 6.45) is 5.83. The number of benzene rings is 1. The fourth-order valence-electron chi connectivity index (χ4n) is 2.69. The Kier molecular flexibility index (Phi) is 7.04. The molecule has 0 spiro atoms. The first-order chi connectivity index (χ1) is 12.5. The van der Waals surface area contributed by atoms with E-state index in [9.17, 15) is 9.59 Å². The number of para-hydroxylation sites is 1. The van der Waals surface area contributed by atoms with Gasteiger partial charge >= 0.3 is 0 Å². The van der Waals surface area contributed by atoms with E-state index in [1.54, 1.807) is 23.1 Å². The van der Waals surface area contributed by atoms with Gasteiger partial charge in [-0.05, 0) is 24.6 Å². The Balaban J connectivity index is 2.37. The van der Waals surface area contributed by atoms with Crippen molar-refractivity contribution in [3.05, 3.63) is 65.4 Å². The second-order valence-electron chi connectivity index (χ2n) is 5.99. The topological polar surface area (TPSA) is 52.7 Å². The van der Waals surface area contributed by atoms with Crippen LogP contribution in [0.5, 0.6) is 0 Å². The Morgan fingerprint density at radius 2 is 2.04 bits per heavy atom. The highest BCUT2D eigenvalue weighted by Gasteiger charge is 2.25. The van der Waals surface area contributed by atoms with Crippen LogP contribution in [0.25, 0.3) is 0 Å². The molecule has 26 heavy (non-hydrogen) atoms. The Hall–Kier alpha value is -2.53. The zero-order valence-corrected chi connectivity index (χ0v) is 15.9. The number of likely N-dealkylation sites (N-methyl/N-ethyl adjacent to an activating group) is 1. The van der Waals surface area contributed by atoms with Crippen molar-refractivity contribution in [2.75, 3.05) is 32.0 Å². The Bertz CT molecular complexity index is 755. The van der Waals surface area contributed by atoms with Crippen molar-refractivity contribution in [1.29, 1.82) is 0 Å². The van der Waals surface area contributed by atoms with Crippen LogP contribution in [-0.4, -0.2) is 48.3 Å². The van der Waals surface area contributed by atoms with Crippen LogP contribution in [0.4, 0.5) is 5.69 Å². The maximum absolute atomic E-state index is 12.9. The molecule has 0 saturated carbocycles. The van der Waals surface area contributed by atoms with Gasteiger partial charge in [-0.1, -0.05) is 49.4 Å². The second kappa shape index (κ2) is 9.25. The fourth-order valence-corrected chi connectivity index (χ4v) is 2.87. The smallest absolute Gasteiger partial charge is 0.257 e. The molecule has 1 aromatic carbocycles. The van der Waals surface area contributed by atoms with Crippen LogP contribution in [0.1, 0.15) is 13.3 Å². The van der Waals surface area contributed by atoms with Gasteiger partial charge in [0.1, 0.15) is 0 Å². The number of rotatable bonds is 5. The van der Waals surface area contributed by atoms with E-state index in [1.165, 1.54) is 6.08 Å². The number of hydrogen-bond donors (Lipinski definition) is 1. The van der Waals surface area contributed by atoms with E-state index in [2.05, 4.69) is 11.9 Å². The monoisotopic (exact) mass is 373 g/mol. The lowest BCUT2D eigenvalue weighted by atomic mass is 10.1. The molecular weight excluding hydrogens is 350 g/mol. The number of halogens is 1. The number of allylic oxidation sites excluding steroid dienone is 1. The summed E-state index contributed by atoms with van der Waals surface area (Å²) in [4.78, 5) is 28.6. The largest absolute Gasteiger partial charge is 0.374 e. The summed E-state index contributed by atoms with van der Waals surface area (Å²) in [7, 11) is 1.92. The summed E-state index contributed by atoms with van der Waals surface area (Å²) < 4.78 is 0. The number of nitrogens with one attached hydrogen (secondary N) is 1. The van der Waals surface area contributed by atoms with Gasteiger partial charge < -0.3 is 15.1 Å². The Morgan fingerprint density at radius 3 is 2.69 bits per heavy atom. The number of carbonyl (C=O) groups excluding carboxylic acids is 2. The van der Waals surface area contributed by atoms with Gasteiger partial charge in [-0.25, -0.2) is 0 Å². The predicted octanol–water partition coefficient (Wildman–Crippen LogP) is 3.46. The Labute approximate surface area is 159 Å². The van der Waals surface area contributed by atoms with Crippen molar-refractivity contribution in [3.8, 4) is 0 Å². The molecule has 0 atom stereocenters. The molecule has 2 rings (SSSR count). The third kappa shape index (κ3) is 4.76. The standard InChI is InChI=1S/C20H24ClN3O2/c1-4-6-9-15(20(26)22-17-11-8-7-10-16(17)21)18-14-24(19(25)5-2)13-12-23(18)3/h5-11H,2,4,12-14H2,1,3H3,(H,22,26)/b9-6+,18-15+. The van der Waals surface area contributed by atoms with Gasteiger partial charge in [0, 0.05) is 25.8 Å². The molecule has 1 heterocycles. The molecule has 2 amide bonds. The number of piperazine rings is 1. The van der Waals surface area contributed by atoms with E-state index in [0.717, 1.165) is 12.1 Å². The van der Waals surface area contributed by atoms with Crippen LogP contribution in [0.3, 0.4) is 0 Å². The van der Waals surface area contributed by atoms with Gasteiger partial charge in [0.15, 0.2) is 0 Å². The van der Waals surface area contributed by atoms with E-state index >= 15 is 0 Å². The first-order valence-electron chi connectivity index (χ1n) is 8.56. The van der Waals surface area contributed by atoms with Crippen LogP contribution in [-0.2, 0) is 9.59 Å². The molecule has 1 fully saturated rings. The minimum absolute atomic E-state index is 0.138. The summed E-state index contributed by atoms with van der Waals surface area (Å²) in [5.74, 6) is -0.390. The lowest BCUT2D eigenvalue weighted by molar-refractivity contribution is -0.126. The predicted molar refractivity (Wildman–Crippen MR) is 106 cm³/mol. The molecule has 0 aliphatic carbocycles. The fraction of sp³-hybridized carbons (Fsp3) is 0.300. The van der Waals surface area contributed by atoms with Gasteiger partial charge in [0.05, 0.1) is 22.8 Å². The zero-order chi connectivity index (χ0) is 19.1. The average molecular weight is 374 g/mol. The normalized spacial score (nSPS) is 16.6. The Morgan fingerprint density at radius 1 is 1.31 bits per heavy atom. The molecule has 1 N–H and O–H groups in total. The van der Waals surface area contributed by atoms with Crippen LogP contribution >= 0.6 is 11.6 Å². The van der Waals surface area contributed by atoms with E-state index in [4.69, 9.17) is 11.6 Å². The highest BCUT2D eigenvalue weighted by Crippen LogP contribution is 2.23. The first-order valence-corrected chi connectivity index (χ1v) is 8.93. The van der Waals surface area contributed by atoms with E-state index in [-0.39, 0.29) is 11.8 Å². The van der Waals surface area contributed by atoms with Gasteiger partial charge in [0.2, 0.25) is 5.91 Å². The molecular formula is C20H24ClN3O2. The number of anilines is 1. The highest BCUT2D eigenvalue weighted by molar-refractivity contribution is 6.33. The lowest BCUT2D eigenvalue weighted by Gasteiger charge is -2.36. The van der Waals surface area contributed by atoms with Crippen LogP contribution < -0.4 is 5.32 Å². The van der Waals surface area contributed by atoms with Gasteiger partial charge in [0.25, 0.3) is 5.91 Å². The second-order valence-corrected chi connectivity index (χ2v) is 6.40. The van der Waals surface area contributed by atoms with Crippen LogP contribution in [0.2, 0.25) is 5.02 Å². The van der Waals surface area contributed by atoms with E-state index in [1.807, 2.05) is 37.1 Å². The molecule has 1 aromatic rings. The maximum atomic E-state index is 12.9. The van der Waals surface area contributed by atoms with Crippen molar-refractivity contribution >= 4 is 29.1 Å². The maximum Gasteiger partial charge on any atom is 0.257 e. The van der Waals surface area contributed by atoms with Gasteiger partial charge in [-0.15, -0.1) is 0 Å². The van der Waals surface area contributed by atoms with Crippen molar-refractivity contribution in [1.82, 2.24) is 9.80 Å². The molecule has 0 radical (unpaired) electrons. The molecule has 6 heteroatoms. The van der Waals surface area contributed by atoms with Crippen LogP contribution in [0, 0.1) is 0 Å². The summed E-state index contributed by atoms with van der Waals surface area (Å²) in [6.45, 7) is 7.16. The minimum atomic E-state index is -0.252. The van der Waals surface area contributed by atoms with Gasteiger partial charge in [-0.2, -0.15) is 0 Å². The number of amides is 2. The van der Waals surface area contributed by atoms with E-state index in [0.29, 0.717) is 35.9 Å². The summed E-state index contributed by atoms with van der Waals surface area (Å²) >= 11 is 6.15. The minimum Gasteiger partial charge on any atom is -0.374 e.